The Kier molecular flexibility index (Phi) is 8.70. The van der Waals surface area contributed by atoms with Crippen molar-refractivity contribution in [2.45, 2.75) is 96.5 Å². The number of alkyl halides is 2. The SMILES string of the molecule is CCCOc1c(OC(F)F)cc(C2CCC(CCC3CCCCC3)CC2)c(F)c1F. The van der Waals surface area contributed by atoms with Gasteiger partial charge in [-0.05, 0) is 61.5 Å². The summed E-state index contributed by atoms with van der Waals surface area (Å²) in [7, 11) is 0. The Morgan fingerprint density at radius 1 is 0.900 bits per heavy atom. The van der Waals surface area contributed by atoms with Gasteiger partial charge in [-0.15, -0.1) is 0 Å². The average molecular weight is 431 g/mol. The highest BCUT2D eigenvalue weighted by Gasteiger charge is 2.30. The van der Waals surface area contributed by atoms with Gasteiger partial charge in [-0.1, -0.05) is 51.9 Å². The fourth-order valence-electron chi connectivity index (χ4n) is 5.13. The van der Waals surface area contributed by atoms with Crippen LogP contribution in [0.1, 0.15) is 95.5 Å². The normalized spacial score (nSPS) is 23.0. The molecule has 6 heteroatoms. The van der Waals surface area contributed by atoms with Gasteiger partial charge in [0.25, 0.3) is 0 Å². The van der Waals surface area contributed by atoms with Crippen LogP contribution in [0.4, 0.5) is 17.6 Å². The van der Waals surface area contributed by atoms with Gasteiger partial charge >= 0.3 is 6.61 Å². The molecule has 0 N–H and O–H groups in total. The van der Waals surface area contributed by atoms with Crippen molar-refractivity contribution in [1.29, 1.82) is 0 Å². The molecule has 0 heterocycles. The van der Waals surface area contributed by atoms with Crippen molar-refractivity contribution >= 4 is 0 Å². The van der Waals surface area contributed by atoms with E-state index in [9.17, 15) is 17.6 Å². The molecular weight excluding hydrogens is 396 g/mol. The summed E-state index contributed by atoms with van der Waals surface area (Å²) >= 11 is 0. The van der Waals surface area contributed by atoms with E-state index in [0.29, 0.717) is 12.3 Å². The molecule has 0 aromatic heterocycles. The lowest BCUT2D eigenvalue weighted by Gasteiger charge is -2.31. The topological polar surface area (TPSA) is 18.5 Å². The highest BCUT2D eigenvalue weighted by molar-refractivity contribution is 5.46. The van der Waals surface area contributed by atoms with Crippen LogP contribution in [0, 0.1) is 23.5 Å². The zero-order valence-electron chi connectivity index (χ0n) is 17.9. The van der Waals surface area contributed by atoms with E-state index in [2.05, 4.69) is 4.74 Å². The lowest BCUT2D eigenvalue weighted by molar-refractivity contribution is -0.0519. The Labute approximate surface area is 177 Å². The fraction of sp³-hybridized carbons (Fsp3) is 0.750. The Hall–Kier alpha value is -1.46. The molecule has 2 aliphatic carbocycles. The molecule has 0 saturated heterocycles. The molecule has 0 radical (unpaired) electrons. The molecule has 0 bridgehead atoms. The third-order valence-corrected chi connectivity index (χ3v) is 6.82. The molecule has 0 spiro atoms. The van der Waals surface area contributed by atoms with Crippen LogP contribution < -0.4 is 9.47 Å². The van der Waals surface area contributed by atoms with Crippen LogP contribution in [0.25, 0.3) is 0 Å². The van der Waals surface area contributed by atoms with Crippen molar-refractivity contribution in [1.82, 2.24) is 0 Å². The van der Waals surface area contributed by atoms with Gasteiger partial charge in [-0.2, -0.15) is 13.2 Å². The zero-order valence-corrected chi connectivity index (χ0v) is 17.9. The van der Waals surface area contributed by atoms with Gasteiger partial charge < -0.3 is 9.47 Å². The summed E-state index contributed by atoms with van der Waals surface area (Å²) in [5, 5.41) is 0. The number of rotatable bonds is 9. The van der Waals surface area contributed by atoms with Gasteiger partial charge in [-0.3, -0.25) is 0 Å². The van der Waals surface area contributed by atoms with Crippen LogP contribution in [-0.4, -0.2) is 13.2 Å². The van der Waals surface area contributed by atoms with Gasteiger partial charge in [0.1, 0.15) is 0 Å². The van der Waals surface area contributed by atoms with Crippen LogP contribution >= 0.6 is 0 Å². The minimum Gasteiger partial charge on any atom is -0.487 e. The number of benzene rings is 1. The fourth-order valence-corrected chi connectivity index (χ4v) is 5.13. The quantitative estimate of drug-likeness (QED) is 0.370. The average Bonchev–Trinajstić information content (AvgIpc) is 2.75. The molecule has 0 amide bonds. The zero-order chi connectivity index (χ0) is 21.5. The second-order valence-electron chi connectivity index (χ2n) is 8.95. The minimum atomic E-state index is -3.12. The third kappa shape index (κ3) is 6.04. The van der Waals surface area contributed by atoms with Crippen molar-refractivity contribution in [3.8, 4) is 11.5 Å². The monoisotopic (exact) mass is 430 g/mol. The summed E-state index contributed by atoms with van der Waals surface area (Å²) in [6.07, 6.45) is 13.2. The first-order valence-electron chi connectivity index (χ1n) is 11.6. The smallest absolute Gasteiger partial charge is 0.387 e. The largest absolute Gasteiger partial charge is 0.487 e. The number of ether oxygens (including phenoxy) is 2. The van der Waals surface area contributed by atoms with E-state index in [1.807, 2.05) is 0 Å². The maximum atomic E-state index is 14.8. The Morgan fingerprint density at radius 2 is 1.53 bits per heavy atom. The molecule has 30 heavy (non-hydrogen) atoms. The van der Waals surface area contributed by atoms with Crippen LogP contribution in [-0.2, 0) is 0 Å². The van der Waals surface area contributed by atoms with Crippen molar-refractivity contribution < 1.29 is 27.0 Å². The van der Waals surface area contributed by atoms with Gasteiger partial charge in [-0.25, -0.2) is 4.39 Å². The third-order valence-electron chi connectivity index (χ3n) is 6.82. The van der Waals surface area contributed by atoms with Crippen LogP contribution in [0.2, 0.25) is 0 Å². The van der Waals surface area contributed by atoms with Crippen LogP contribution in [0.5, 0.6) is 11.5 Å². The molecule has 3 rings (SSSR count). The van der Waals surface area contributed by atoms with Crippen molar-refractivity contribution in [3.63, 3.8) is 0 Å². The molecule has 0 unspecified atom stereocenters. The maximum absolute atomic E-state index is 14.8. The summed E-state index contributed by atoms with van der Waals surface area (Å²) < 4.78 is 64.7. The first kappa shape index (κ1) is 23.2. The molecule has 2 saturated carbocycles. The second-order valence-corrected chi connectivity index (χ2v) is 8.95. The van der Waals surface area contributed by atoms with Gasteiger partial charge in [0.2, 0.25) is 5.82 Å². The Morgan fingerprint density at radius 3 is 2.13 bits per heavy atom. The van der Waals surface area contributed by atoms with E-state index in [4.69, 9.17) is 4.74 Å². The van der Waals surface area contributed by atoms with Crippen molar-refractivity contribution in [2.75, 3.05) is 6.61 Å². The lowest BCUT2D eigenvalue weighted by Crippen LogP contribution is -2.17. The molecule has 2 nitrogen and oxygen atoms in total. The number of halogens is 4. The number of hydrogen-bond donors (Lipinski definition) is 0. The first-order chi connectivity index (χ1) is 14.5. The summed E-state index contributed by atoms with van der Waals surface area (Å²) in [5.41, 5.74) is 0.137. The number of hydrogen-bond acceptors (Lipinski definition) is 2. The highest BCUT2D eigenvalue weighted by Crippen LogP contribution is 2.44. The van der Waals surface area contributed by atoms with E-state index >= 15 is 0 Å². The summed E-state index contributed by atoms with van der Waals surface area (Å²) in [6, 6.07) is 1.22. The molecule has 2 aliphatic rings. The van der Waals surface area contributed by atoms with E-state index in [1.165, 1.54) is 51.0 Å². The molecule has 1 aromatic carbocycles. The lowest BCUT2D eigenvalue weighted by atomic mass is 9.75. The molecule has 170 valence electrons. The standard InChI is InChI=1S/C24H34F4O2/c1-2-14-29-23-20(30-24(27)28)15-19(21(25)22(23)26)18-12-10-17(11-13-18)9-8-16-6-4-3-5-7-16/h15-18,24H,2-14H2,1H3. The minimum absolute atomic E-state index is 0.0986. The molecule has 1 aromatic rings. The van der Waals surface area contributed by atoms with E-state index < -0.39 is 29.7 Å². The van der Waals surface area contributed by atoms with Crippen LogP contribution in [0.3, 0.4) is 0 Å². The van der Waals surface area contributed by atoms with Gasteiger partial charge in [0, 0.05) is 0 Å². The van der Waals surface area contributed by atoms with Crippen molar-refractivity contribution in [3.05, 3.63) is 23.3 Å². The first-order valence-corrected chi connectivity index (χ1v) is 11.6. The van der Waals surface area contributed by atoms with Gasteiger partial charge in [0.05, 0.1) is 6.61 Å². The molecular formula is C24H34F4O2. The van der Waals surface area contributed by atoms with Gasteiger partial charge in [0.15, 0.2) is 17.3 Å². The van der Waals surface area contributed by atoms with E-state index in [0.717, 1.165) is 31.6 Å². The maximum Gasteiger partial charge on any atom is 0.387 e. The van der Waals surface area contributed by atoms with E-state index in [-0.39, 0.29) is 18.1 Å². The molecule has 0 atom stereocenters. The second kappa shape index (κ2) is 11.2. The molecule has 2 fully saturated rings. The van der Waals surface area contributed by atoms with Crippen LogP contribution in [0.15, 0.2) is 6.07 Å². The predicted molar refractivity (Wildman–Crippen MR) is 109 cm³/mol. The summed E-state index contributed by atoms with van der Waals surface area (Å²) in [6.45, 7) is -1.23. The van der Waals surface area contributed by atoms with E-state index in [1.54, 1.807) is 6.92 Å². The Bertz CT molecular complexity index is 666. The highest BCUT2D eigenvalue weighted by atomic mass is 19.3. The van der Waals surface area contributed by atoms with Crippen molar-refractivity contribution in [2.24, 2.45) is 11.8 Å². The Balaban J connectivity index is 1.64. The molecule has 0 aliphatic heterocycles. The summed E-state index contributed by atoms with van der Waals surface area (Å²) in [4.78, 5) is 0. The summed E-state index contributed by atoms with van der Waals surface area (Å²) in [5.74, 6) is -1.88. The predicted octanol–water partition coefficient (Wildman–Crippen LogP) is 7.99.